The van der Waals surface area contributed by atoms with Crippen molar-refractivity contribution in [3.05, 3.63) is 58.9 Å². The lowest BCUT2D eigenvalue weighted by Gasteiger charge is -2.08. The Morgan fingerprint density at radius 2 is 2.15 bits per heavy atom. The summed E-state index contributed by atoms with van der Waals surface area (Å²) < 4.78 is 2.17. The Kier molecular flexibility index (Phi) is 4.60. The average Bonchev–Trinajstić information content (AvgIpc) is 2.88. The van der Waals surface area contributed by atoms with Crippen LogP contribution in [0.5, 0.6) is 0 Å². The molecule has 0 bridgehead atoms. The Balaban J connectivity index is 2.09. The molecule has 3 heteroatoms. The van der Waals surface area contributed by atoms with Crippen molar-refractivity contribution in [2.75, 3.05) is 0 Å². The molecule has 20 heavy (non-hydrogen) atoms. The van der Waals surface area contributed by atoms with E-state index in [0.29, 0.717) is 5.56 Å². The summed E-state index contributed by atoms with van der Waals surface area (Å²) in [5.74, 6) is 0. The minimum atomic E-state index is 0.238. The van der Waals surface area contributed by atoms with Gasteiger partial charge in [-0.15, -0.1) is 0 Å². The first kappa shape index (κ1) is 14.4. The Bertz CT molecular complexity index is 619. The van der Waals surface area contributed by atoms with Crippen molar-refractivity contribution in [1.82, 2.24) is 4.57 Å². The first-order valence-electron chi connectivity index (χ1n) is 7.02. The average molecular weight is 267 g/mol. The van der Waals surface area contributed by atoms with E-state index >= 15 is 0 Å². The first-order chi connectivity index (χ1) is 9.62. The molecule has 1 heterocycles. The van der Waals surface area contributed by atoms with Gasteiger partial charge < -0.3 is 10.3 Å². The van der Waals surface area contributed by atoms with Crippen LogP contribution in [-0.4, -0.2) is 10.6 Å². The molecule has 0 aliphatic heterocycles. The number of hydrogen-bond donors (Lipinski definition) is 1. The van der Waals surface area contributed by atoms with Crippen LogP contribution >= 0.6 is 0 Å². The van der Waals surface area contributed by atoms with Crippen molar-refractivity contribution in [1.29, 1.82) is 5.26 Å². The van der Waals surface area contributed by atoms with Crippen LogP contribution in [0, 0.1) is 18.3 Å². The van der Waals surface area contributed by atoms with Crippen LogP contribution in [0.2, 0.25) is 0 Å². The molecule has 0 amide bonds. The van der Waals surface area contributed by atoms with Crippen LogP contribution in [0.25, 0.3) is 0 Å². The Morgan fingerprint density at radius 1 is 1.35 bits per heavy atom. The van der Waals surface area contributed by atoms with Crippen molar-refractivity contribution in [2.45, 2.75) is 39.3 Å². The van der Waals surface area contributed by atoms with Crippen molar-refractivity contribution >= 4 is 0 Å². The maximum Gasteiger partial charge on any atom is 0.0991 e. The van der Waals surface area contributed by atoms with E-state index in [-0.39, 0.29) is 6.04 Å². The highest BCUT2D eigenvalue weighted by molar-refractivity contribution is 5.37. The largest absolute Gasteiger partial charge is 0.350 e. The van der Waals surface area contributed by atoms with E-state index in [4.69, 9.17) is 11.0 Å². The normalized spacial score (nSPS) is 12.1. The van der Waals surface area contributed by atoms with Gasteiger partial charge in [-0.3, -0.25) is 0 Å². The van der Waals surface area contributed by atoms with Gasteiger partial charge in [-0.2, -0.15) is 5.26 Å². The molecule has 0 aliphatic carbocycles. The molecule has 3 nitrogen and oxygen atoms in total. The van der Waals surface area contributed by atoms with E-state index in [2.05, 4.69) is 36.0 Å². The molecule has 1 atom stereocenters. The molecular formula is C17H21N3. The van der Waals surface area contributed by atoms with Crippen molar-refractivity contribution in [3.8, 4) is 6.07 Å². The van der Waals surface area contributed by atoms with Gasteiger partial charge in [0.05, 0.1) is 11.6 Å². The molecule has 0 aliphatic rings. The highest BCUT2D eigenvalue weighted by atomic mass is 14.9. The second-order valence-corrected chi connectivity index (χ2v) is 5.32. The standard InChI is InChI=1S/C17H21N3/c1-3-17(19)9-15-6-7-20(11-15)12-16-5-4-14(10-18)8-13(16)2/h4-8,11,17H,3,9,12,19H2,1-2H3. The van der Waals surface area contributed by atoms with Gasteiger partial charge in [-0.1, -0.05) is 13.0 Å². The third kappa shape index (κ3) is 3.49. The van der Waals surface area contributed by atoms with Gasteiger partial charge in [0.2, 0.25) is 0 Å². The number of nitrogens with zero attached hydrogens (tertiary/aromatic N) is 2. The SMILES string of the molecule is CCC(N)Cc1ccn(Cc2ccc(C#N)cc2C)c1. The van der Waals surface area contributed by atoms with Crippen molar-refractivity contribution < 1.29 is 0 Å². The first-order valence-corrected chi connectivity index (χ1v) is 7.02. The summed E-state index contributed by atoms with van der Waals surface area (Å²) in [5, 5.41) is 8.89. The second-order valence-electron chi connectivity index (χ2n) is 5.32. The molecule has 0 saturated heterocycles. The molecule has 1 aromatic carbocycles. The van der Waals surface area contributed by atoms with E-state index in [1.54, 1.807) is 0 Å². The molecule has 0 fully saturated rings. The Morgan fingerprint density at radius 3 is 2.80 bits per heavy atom. The lowest BCUT2D eigenvalue weighted by atomic mass is 10.1. The molecule has 0 spiro atoms. The summed E-state index contributed by atoms with van der Waals surface area (Å²) in [5.41, 5.74) is 10.4. The third-order valence-electron chi connectivity index (χ3n) is 3.66. The topological polar surface area (TPSA) is 54.7 Å². The summed E-state index contributed by atoms with van der Waals surface area (Å²) in [6.45, 7) is 4.99. The molecule has 104 valence electrons. The number of hydrogen-bond acceptors (Lipinski definition) is 2. The van der Waals surface area contributed by atoms with E-state index in [1.165, 1.54) is 11.1 Å². The van der Waals surface area contributed by atoms with Crippen LogP contribution in [0.15, 0.2) is 36.7 Å². The van der Waals surface area contributed by atoms with Gasteiger partial charge in [-0.05, 0) is 54.7 Å². The molecule has 2 aromatic rings. The fourth-order valence-corrected chi connectivity index (χ4v) is 2.30. The van der Waals surface area contributed by atoms with Gasteiger partial charge in [0.25, 0.3) is 0 Å². The molecule has 2 rings (SSSR count). The fourth-order valence-electron chi connectivity index (χ4n) is 2.30. The summed E-state index contributed by atoms with van der Waals surface area (Å²) in [6.07, 6.45) is 6.18. The monoisotopic (exact) mass is 267 g/mol. The lowest BCUT2D eigenvalue weighted by Crippen LogP contribution is -2.21. The van der Waals surface area contributed by atoms with Crippen LogP contribution in [0.4, 0.5) is 0 Å². The number of nitriles is 1. The minimum absolute atomic E-state index is 0.238. The predicted octanol–water partition coefficient (Wildman–Crippen LogP) is 3.00. The van der Waals surface area contributed by atoms with E-state index in [0.717, 1.165) is 24.9 Å². The van der Waals surface area contributed by atoms with E-state index < -0.39 is 0 Å². The van der Waals surface area contributed by atoms with E-state index in [1.807, 2.05) is 25.1 Å². The van der Waals surface area contributed by atoms with Crippen LogP contribution in [0.1, 0.15) is 35.6 Å². The van der Waals surface area contributed by atoms with Crippen LogP contribution < -0.4 is 5.73 Å². The summed E-state index contributed by atoms with van der Waals surface area (Å²) >= 11 is 0. The van der Waals surface area contributed by atoms with Crippen LogP contribution in [-0.2, 0) is 13.0 Å². The zero-order valence-electron chi connectivity index (χ0n) is 12.1. The third-order valence-corrected chi connectivity index (χ3v) is 3.66. The quantitative estimate of drug-likeness (QED) is 0.905. The van der Waals surface area contributed by atoms with Gasteiger partial charge in [-0.25, -0.2) is 0 Å². The highest BCUT2D eigenvalue weighted by Crippen LogP contribution is 2.14. The van der Waals surface area contributed by atoms with Gasteiger partial charge >= 0.3 is 0 Å². The molecular weight excluding hydrogens is 246 g/mol. The lowest BCUT2D eigenvalue weighted by molar-refractivity contribution is 0.645. The number of benzene rings is 1. The Hall–Kier alpha value is -2.05. The van der Waals surface area contributed by atoms with E-state index in [9.17, 15) is 0 Å². The minimum Gasteiger partial charge on any atom is -0.350 e. The molecule has 1 aromatic heterocycles. The number of rotatable bonds is 5. The van der Waals surface area contributed by atoms with Crippen molar-refractivity contribution in [3.63, 3.8) is 0 Å². The second kappa shape index (κ2) is 6.40. The summed E-state index contributed by atoms with van der Waals surface area (Å²) in [6, 6.07) is 10.4. The zero-order chi connectivity index (χ0) is 14.5. The highest BCUT2D eigenvalue weighted by Gasteiger charge is 2.05. The molecule has 2 N–H and O–H groups in total. The zero-order valence-corrected chi connectivity index (χ0v) is 12.1. The number of aryl methyl sites for hydroxylation is 1. The molecule has 1 unspecified atom stereocenters. The maximum atomic E-state index is 8.89. The predicted molar refractivity (Wildman–Crippen MR) is 81.4 cm³/mol. The summed E-state index contributed by atoms with van der Waals surface area (Å²) in [7, 11) is 0. The molecule has 0 radical (unpaired) electrons. The van der Waals surface area contributed by atoms with Crippen molar-refractivity contribution in [2.24, 2.45) is 5.73 Å². The van der Waals surface area contributed by atoms with Crippen LogP contribution in [0.3, 0.4) is 0 Å². The smallest absolute Gasteiger partial charge is 0.0991 e. The maximum absolute atomic E-state index is 8.89. The summed E-state index contributed by atoms with van der Waals surface area (Å²) in [4.78, 5) is 0. The Labute approximate surface area is 120 Å². The van der Waals surface area contributed by atoms with Gasteiger partial charge in [0.15, 0.2) is 0 Å². The molecule has 0 saturated carbocycles. The fraction of sp³-hybridized carbons (Fsp3) is 0.353. The number of nitrogens with two attached hydrogens (primary N) is 1. The van der Waals surface area contributed by atoms with Gasteiger partial charge in [0, 0.05) is 25.0 Å². The van der Waals surface area contributed by atoms with Gasteiger partial charge in [0.1, 0.15) is 0 Å². The number of aromatic nitrogens is 1.